The minimum absolute atomic E-state index is 0.262. The minimum Gasteiger partial charge on any atom is -0.455 e. The Hall–Kier alpha value is -4.26. The smallest absolute Gasteiger partial charge is 0.270 e. The number of pyridine rings is 1. The summed E-state index contributed by atoms with van der Waals surface area (Å²) in [5.41, 5.74) is 1.86. The molecule has 2 heterocycles. The van der Waals surface area contributed by atoms with E-state index in [9.17, 15) is 4.79 Å². The second-order valence-electron chi connectivity index (χ2n) is 6.35. The van der Waals surface area contributed by atoms with E-state index in [1.165, 1.54) is 6.20 Å². The Bertz CT molecular complexity index is 1120. The van der Waals surface area contributed by atoms with Crippen LogP contribution in [-0.2, 0) is 6.54 Å². The maximum Gasteiger partial charge on any atom is 0.270 e. The summed E-state index contributed by atoms with van der Waals surface area (Å²) in [4.78, 5) is 25.0. The van der Waals surface area contributed by atoms with Gasteiger partial charge in [0.25, 0.3) is 5.91 Å². The molecule has 0 aliphatic carbocycles. The summed E-state index contributed by atoms with van der Waals surface area (Å²) in [5, 5.41) is 5.95. The average Bonchev–Trinajstić information content (AvgIpc) is 2.80. The molecule has 30 heavy (non-hydrogen) atoms. The fourth-order valence-corrected chi connectivity index (χ4v) is 2.72. The Morgan fingerprint density at radius 3 is 2.57 bits per heavy atom. The fraction of sp³-hybridized carbons (Fsp3) is 0.0435. The zero-order valence-corrected chi connectivity index (χ0v) is 16.0. The molecule has 4 rings (SSSR count). The molecule has 2 N–H and O–H groups in total. The summed E-state index contributed by atoms with van der Waals surface area (Å²) in [6, 6.07) is 22.2. The second-order valence-corrected chi connectivity index (χ2v) is 6.35. The van der Waals surface area contributed by atoms with Gasteiger partial charge in [0.15, 0.2) is 5.75 Å². The third-order valence-corrected chi connectivity index (χ3v) is 4.17. The van der Waals surface area contributed by atoms with Crippen LogP contribution >= 0.6 is 0 Å². The minimum atomic E-state index is -0.293. The monoisotopic (exact) mass is 397 g/mol. The van der Waals surface area contributed by atoms with Gasteiger partial charge in [-0.05, 0) is 42.0 Å². The van der Waals surface area contributed by atoms with E-state index in [1.807, 2.05) is 66.7 Å². The molecule has 0 saturated heterocycles. The van der Waals surface area contributed by atoms with Gasteiger partial charge >= 0.3 is 0 Å². The first-order valence-electron chi connectivity index (χ1n) is 9.37. The number of ether oxygens (including phenoxy) is 1. The Morgan fingerprint density at radius 2 is 1.73 bits per heavy atom. The van der Waals surface area contributed by atoms with Crippen molar-refractivity contribution in [2.45, 2.75) is 6.54 Å². The van der Waals surface area contributed by atoms with Gasteiger partial charge in [-0.3, -0.25) is 9.78 Å². The zero-order valence-electron chi connectivity index (χ0n) is 16.0. The second kappa shape index (κ2) is 9.29. The lowest BCUT2D eigenvalue weighted by molar-refractivity contribution is 0.0946. The molecule has 2 aromatic heterocycles. The van der Waals surface area contributed by atoms with Crippen molar-refractivity contribution in [3.8, 4) is 11.5 Å². The molecule has 148 valence electrons. The normalized spacial score (nSPS) is 10.3. The molecule has 7 heteroatoms. The Kier molecular flexibility index (Phi) is 5.91. The largest absolute Gasteiger partial charge is 0.455 e. The van der Waals surface area contributed by atoms with E-state index in [4.69, 9.17) is 4.74 Å². The molecule has 0 aliphatic heterocycles. The zero-order chi connectivity index (χ0) is 20.6. The molecule has 0 fully saturated rings. The molecule has 2 aromatic carbocycles. The molecule has 0 unspecified atom stereocenters. The Morgan fingerprint density at radius 1 is 0.900 bits per heavy atom. The standard InChI is InChI=1S/C23H19N5O2/c29-22(26-16-17-7-6-13-24-15-17)20-12-14-25-23(28-20)27-19-10-4-5-11-21(19)30-18-8-2-1-3-9-18/h1-15H,16H2,(H,26,29)(H,25,27,28). The van der Waals surface area contributed by atoms with E-state index < -0.39 is 0 Å². The van der Waals surface area contributed by atoms with Crippen molar-refractivity contribution in [1.82, 2.24) is 20.3 Å². The van der Waals surface area contributed by atoms with Gasteiger partial charge in [-0.2, -0.15) is 0 Å². The number of para-hydroxylation sites is 3. The molecule has 0 bridgehead atoms. The predicted octanol–water partition coefficient (Wildman–Crippen LogP) is 4.34. The lowest BCUT2D eigenvalue weighted by Crippen LogP contribution is -2.24. The van der Waals surface area contributed by atoms with Crippen LogP contribution in [0.15, 0.2) is 91.4 Å². The number of aromatic nitrogens is 3. The number of benzene rings is 2. The molecule has 4 aromatic rings. The van der Waals surface area contributed by atoms with Gasteiger partial charge in [0.05, 0.1) is 5.69 Å². The highest BCUT2D eigenvalue weighted by molar-refractivity contribution is 5.92. The predicted molar refractivity (Wildman–Crippen MR) is 114 cm³/mol. The van der Waals surface area contributed by atoms with E-state index in [1.54, 1.807) is 18.5 Å². The number of carbonyl (C=O) groups excluding carboxylic acids is 1. The van der Waals surface area contributed by atoms with Crippen LogP contribution in [0.2, 0.25) is 0 Å². The van der Waals surface area contributed by atoms with Crippen LogP contribution in [0.4, 0.5) is 11.6 Å². The van der Waals surface area contributed by atoms with Gasteiger partial charge in [0.1, 0.15) is 11.4 Å². The summed E-state index contributed by atoms with van der Waals surface area (Å²) in [7, 11) is 0. The number of nitrogens with one attached hydrogen (secondary N) is 2. The highest BCUT2D eigenvalue weighted by Crippen LogP contribution is 2.30. The van der Waals surface area contributed by atoms with Crippen molar-refractivity contribution < 1.29 is 9.53 Å². The summed E-state index contributed by atoms with van der Waals surface area (Å²) < 4.78 is 5.94. The van der Waals surface area contributed by atoms with Crippen molar-refractivity contribution in [2.75, 3.05) is 5.32 Å². The molecule has 0 radical (unpaired) electrons. The number of anilines is 2. The highest BCUT2D eigenvalue weighted by atomic mass is 16.5. The van der Waals surface area contributed by atoms with Gasteiger partial charge < -0.3 is 15.4 Å². The van der Waals surface area contributed by atoms with Gasteiger partial charge in [-0.15, -0.1) is 0 Å². The van der Waals surface area contributed by atoms with Gasteiger partial charge in [0.2, 0.25) is 5.95 Å². The summed E-state index contributed by atoms with van der Waals surface area (Å²) in [6.45, 7) is 0.368. The molecule has 1 amide bonds. The summed E-state index contributed by atoms with van der Waals surface area (Å²) in [5.74, 6) is 1.35. The van der Waals surface area contributed by atoms with E-state index in [0.29, 0.717) is 23.9 Å². The SMILES string of the molecule is O=C(NCc1cccnc1)c1ccnc(Nc2ccccc2Oc2ccccc2)n1. The van der Waals surface area contributed by atoms with Crippen LogP contribution in [0.25, 0.3) is 0 Å². The first-order valence-corrected chi connectivity index (χ1v) is 9.37. The third-order valence-electron chi connectivity index (χ3n) is 4.17. The topological polar surface area (TPSA) is 89.0 Å². The van der Waals surface area contributed by atoms with E-state index >= 15 is 0 Å². The van der Waals surface area contributed by atoms with Crippen LogP contribution in [0.3, 0.4) is 0 Å². The number of rotatable bonds is 7. The van der Waals surface area contributed by atoms with Crippen molar-refractivity contribution in [1.29, 1.82) is 0 Å². The molecule has 7 nitrogen and oxygen atoms in total. The van der Waals surface area contributed by atoms with E-state index in [2.05, 4.69) is 25.6 Å². The Balaban J connectivity index is 1.46. The van der Waals surface area contributed by atoms with Crippen LogP contribution in [0.1, 0.15) is 16.1 Å². The van der Waals surface area contributed by atoms with Gasteiger partial charge in [-0.1, -0.05) is 36.4 Å². The first-order chi connectivity index (χ1) is 14.8. The lowest BCUT2D eigenvalue weighted by Gasteiger charge is -2.12. The van der Waals surface area contributed by atoms with Crippen molar-refractivity contribution in [2.24, 2.45) is 0 Å². The quantitative estimate of drug-likeness (QED) is 0.482. The van der Waals surface area contributed by atoms with Crippen LogP contribution < -0.4 is 15.4 Å². The lowest BCUT2D eigenvalue weighted by atomic mass is 10.3. The van der Waals surface area contributed by atoms with Crippen molar-refractivity contribution in [3.05, 3.63) is 103 Å². The van der Waals surface area contributed by atoms with Crippen molar-refractivity contribution >= 4 is 17.5 Å². The molecule has 0 atom stereocenters. The summed E-state index contributed by atoms with van der Waals surface area (Å²) in [6.07, 6.45) is 4.93. The summed E-state index contributed by atoms with van der Waals surface area (Å²) >= 11 is 0. The molecular formula is C23H19N5O2. The van der Waals surface area contributed by atoms with E-state index in [0.717, 1.165) is 11.3 Å². The van der Waals surface area contributed by atoms with Crippen molar-refractivity contribution in [3.63, 3.8) is 0 Å². The Labute approximate surface area is 173 Å². The van der Waals surface area contributed by atoms with Crippen LogP contribution in [0, 0.1) is 0 Å². The highest BCUT2D eigenvalue weighted by Gasteiger charge is 2.11. The maximum absolute atomic E-state index is 12.5. The third kappa shape index (κ3) is 4.96. The molecular weight excluding hydrogens is 378 g/mol. The first kappa shape index (κ1) is 19.1. The van der Waals surface area contributed by atoms with Gasteiger partial charge in [-0.25, -0.2) is 9.97 Å². The van der Waals surface area contributed by atoms with Gasteiger partial charge in [0, 0.05) is 25.1 Å². The van der Waals surface area contributed by atoms with E-state index in [-0.39, 0.29) is 11.6 Å². The van der Waals surface area contributed by atoms with Crippen LogP contribution in [-0.4, -0.2) is 20.9 Å². The molecule has 0 spiro atoms. The number of amides is 1. The number of hydrogen-bond acceptors (Lipinski definition) is 6. The number of hydrogen-bond donors (Lipinski definition) is 2. The molecule has 0 aliphatic rings. The maximum atomic E-state index is 12.5. The number of nitrogens with zero attached hydrogens (tertiary/aromatic N) is 3. The average molecular weight is 397 g/mol. The molecule has 0 saturated carbocycles. The number of carbonyl (C=O) groups is 1. The fourth-order valence-electron chi connectivity index (χ4n) is 2.72. The van der Waals surface area contributed by atoms with Crippen LogP contribution in [0.5, 0.6) is 11.5 Å².